The number of hydrogen-bond donors (Lipinski definition) is 0. The number of benzene rings is 2. The van der Waals surface area contributed by atoms with Gasteiger partial charge in [0.15, 0.2) is 11.5 Å². The Morgan fingerprint density at radius 1 is 1.03 bits per heavy atom. The molecule has 0 aromatic heterocycles. The number of carbonyl (C=O) groups excluding carboxylic acids is 1. The number of carbonyl (C=O) groups is 1. The summed E-state index contributed by atoms with van der Waals surface area (Å²) in [5.74, 6) is 1.77. The van der Waals surface area contributed by atoms with Crippen molar-refractivity contribution in [1.29, 1.82) is 0 Å². The maximum atomic E-state index is 13.8. The van der Waals surface area contributed by atoms with E-state index < -0.39 is 10.0 Å². The van der Waals surface area contributed by atoms with Crippen molar-refractivity contribution in [3.63, 3.8) is 0 Å². The van der Waals surface area contributed by atoms with E-state index in [0.29, 0.717) is 31.9 Å². The van der Waals surface area contributed by atoms with Crippen LogP contribution < -0.4 is 14.2 Å². The molecule has 0 spiro atoms. The summed E-state index contributed by atoms with van der Waals surface area (Å²) >= 11 is 6.25. The normalized spacial score (nSPS) is 18.7. The zero-order chi connectivity index (χ0) is 26.7. The minimum atomic E-state index is -3.93. The second-order valence-electron chi connectivity index (χ2n) is 9.98. The summed E-state index contributed by atoms with van der Waals surface area (Å²) in [7, 11) is -2.44. The third-order valence-corrected chi connectivity index (χ3v) is 9.76. The smallest absolute Gasteiger partial charge is 0.243 e. The number of ether oxygens (including phenoxy) is 3. The van der Waals surface area contributed by atoms with Gasteiger partial charge in [-0.15, -0.1) is 0 Å². The highest BCUT2D eigenvalue weighted by molar-refractivity contribution is 7.89. The molecule has 38 heavy (non-hydrogen) atoms. The molecule has 2 aliphatic heterocycles. The van der Waals surface area contributed by atoms with Gasteiger partial charge in [-0.2, -0.15) is 4.31 Å². The molecule has 1 amide bonds. The maximum Gasteiger partial charge on any atom is 0.243 e. The predicted octanol–water partition coefficient (Wildman–Crippen LogP) is 3.75. The summed E-state index contributed by atoms with van der Waals surface area (Å²) in [5.41, 5.74) is 1.13. The molecule has 206 valence electrons. The molecule has 2 heterocycles. The van der Waals surface area contributed by atoms with Crippen LogP contribution in [0.1, 0.15) is 37.7 Å². The van der Waals surface area contributed by atoms with Crippen molar-refractivity contribution in [3.8, 4) is 17.2 Å². The molecule has 0 N–H and O–H groups in total. The van der Waals surface area contributed by atoms with Gasteiger partial charge in [0.05, 0.1) is 23.6 Å². The fourth-order valence-electron chi connectivity index (χ4n) is 5.41. The van der Waals surface area contributed by atoms with Crippen LogP contribution in [0.4, 0.5) is 0 Å². The van der Waals surface area contributed by atoms with Crippen LogP contribution in [0.25, 0.3) is 0 Å². The quantitative estimate of drug-likeness (QED) is 0.483. The molecule has 1 saturated heterocycles. The molecule has 11 heteroatoms. The molecule has 0 unspecified atom stereocenters. The first-order valence-corrected chi connectivity index (χ1v) is 14.9. The molecule has 0 bridgehead atoms. The van der Waals surface area contributed by atoms with Crippen LogP contribution in [0.5, 0.6) is 17.2 Å². The van der Waals surface area contributed by atoms with E-state index >= 15 is 0 Å². The molecule has 0 atom stereocenters. The monoisotopic (exact) mass is 563 g/mol. The maximum absolute atomic E-state index is 13.8. The molecule has 5 rings (SSSR count). The molecule has 2 aromatic rings. The Labute approximate surface area is 229 Å². The fraction of sp³-hybridized carbons (Fsp3) is 0.519. The van der Waals surface area contributed by atoms with E-state index in [0.717, 1.165) is 55.7 Å². The summed E-state index contributed by atoms with van der Waals surface area (Å²) in [5, 5.41) is 0.224. The first-order valence-electron chi connectivity index (χ1n) is 13.1. The first kappa shape index (κ1) is 27.1. The highest BCUT2D eigenvalue weighted by Crippen LogP contribution is 2.34. The standard InChI is InChI=1S/C27H34ClN3O6S/c1-35-24-10-8-22(16-23(24)28)38(33,34)31(21-5-3-2-4-6-21)18-27(32)30-13-11-29(12-14-30)17-20-7-9-25-26(15-20)37-19-36-25/h7-10,15-16,21H,2-6,11-14,17-19H2,1H3. The topological polar surface area (TPSA) is 88.6 Å². The Kier molecular flexibility index (Phi) is 8.32. The highest BCUT2D eigenvalue weighted by atomic mass is 35.5. The van der Waals surface area contributed by atoms with Gasteiger partial charge in [-0.25, -0.2) is 8.42 Å². The summed E-state index contributed by atoms with van der Waals surface area (Å²) in [6.07, 6.45) is 4.48. The Bertz CT molecular complexity index is 1260. The second-order valence-corrected chi connectivity index (χ2v) is 12.3. The van der Waals surface area contributed by atoms with Crippen LogP contribution in [0.2, 0.25) is 5.02 Å². The molecule has 3 aliphatic rings. The second kappa shape index (κ2) is 11.7. The van der Waals surface area contributed by atoms with Crippen LogP contribution in [0.3, 0.4) is 0 Å². The minimum Gasteiger partial charge on any atom is -0.495 e. The van der Waals surface area contributed by atoms with Gasteiger partial charge in [0.1, 0.15) is 5.75 Å². The Balaban J connectivity index is 1.24. The summed E-state index contributed by atoms with van der Waals surface area (Å²) in [6.45, 7) is 3.36. The van der Waals surface area contributed by atoms with Gasteiger partial charge in [-0.05, 0) is 48.7 Å². The summed E-state index contributed by atoms with van der Waals surface area (Å²) in [4.78, 5) is 17.6. The van der Waals surface area contributed by atoms with Crippen LogP contribution in [-0.2, 0) is 21.4 Å². The van der Waals surface area contributed by atoms with Crippen molar-refractivity contribution in [2.24, 2.45) is 0 Å². The van der Waals surface area contributed by atoms with E-state index in [2.05, 4.69) is 4.90 Å². The van der Waals surface area contributed by atoms with Gasteiger partial charge in [-0.1, -0.05) is 36.9 Å². The van der Waals surface area contributed by atoms with Gasteiger partial charge < -0.3 is 19.1 Å². The third kappa shape index (κ3) is 5.88. The Morgan fingerprint density at radius 3 is 2.47 bits per heavy atom. The first-order chi connectivity index (χ1) is 18.3. The van der Waals surface area contributed by atoms with Crippen LogP contribution >= 0.6 is 11.6 Å². The van der Waals surface area contributed by atoms with Crippen molar-refractivity contribution in [1.82, 2.24) is 14.1 Å². The van der Waals surface area contributed by atoms with Gasteiger partial charge in [0.25, 0.3) is 0 Å². The van der Waals surface area contributed by atoms with E-state index in [-0.39, 0.29) is 35.2 Å². The number of halogens is 1. The SMILES string of the molecule is COc1ccc(S(=O)(=O)N(CC(=O)N2CCN(Cc3ccc4c(c3)OCO4)CC2)C2CCCCC2)cc1Cl. The molecule has 1 aliphatic carbocycles. The number of sulfonamides is 1. The lowest BCUT2D eigenvalue weighted by molar-refractivity contribution is -0.133. The summed E-state index contributed by atoms with van der Waals surface area (Å²) < 4.78 is 45.0. The molecular formula is C27H34ClN3O6S. The van der Waals surface area contributed by atoms with E-state index in [1.165, 1.54) is 23.5 Å². The van der Waals surface area contributed by atoms with Crippen molar-refractivity contribution in [2.75, 3.05) is 46.6 Å². The molecule has 1 saturated carbocycles. The molecule has 2 fully saturated rings. The van der Waals surface area contributed by atoms with Gasteiger partial charge in [0, 0.05) is 38.8 Å². The predicted molar refractivity (Wildman–Crippen MR) is 143 cm³/mol. The van der Waals surface area contributed by atoms with Gasteiger partial charge in [-0.3, -0.25) is 9.69 Å². The number of methoxy groups -OCH3 is 1. The van der Waals surface area contributed by atoms with Crippen molar-refractivity contribution in [3.05, 3.63) is 47.0 Å². The highest BCUT2D eigenvalue weighted by Gasteiger charge is 2.36. The molecule has 0 radical (unpaired) electrons. The van der Waals surface area contributed by atoms with E-state index in [4.69, 9.17) is 25.8 Å². The number of nitrogens with zero attached hydrogens (tertiary/aromatic N) is 3. The molecular weight excluding hydrogens is 530 g/mol. The Morgan fingerprint density at radius 2 is 1.76 bits per heavy atom. The lowest BCUT2D eigenvalue weighted by atomic mass is 9.95. The summed E-state index contributed by atoms with van der Waals surface area (Å²) in [6, 6.07) is 10.2. The molecule has 2 aromatic carbocycles. The third-order valence-electron chi connectivity index (χ3n) is 7.57. The van der Waals surface area contributed by atoms with Gasteiger partial charge >= 0.3 is 0 Å². The fourth-order valence-corrected chi connectivity index (χ4v) is 7.39. The van der Waals surface area contributed by atoms with Crippen molar-refractivity contribution in [2.45, 2.75) is 49.6 Å². The van der Waals surface area contributed by atoms with E-state index in [1.54, 1.807) is 11.0 Å². The van der Waals surface area contributed by atoms with Crippen LogP contribution in [0, 0.1) is 0 Å². The lowest BCUT2D eigenvalue weighted by Crippen LogP contribution is -2.53. The largest absolute Gasteiger partial charge is 0.495 e. The van der Waals surface area contributed by atoms with E-state index in [9.17, 15) is 13.2 Å². The number of amides is 1. The zero-order valence-electron chi connectivity index (χ0n) is 21.6. The van der Waals surface area contributed by atoms with Crippen molar-refractivity contribution < 1.29 is 27.4 Å². The van der Waals surface area contributed by atoms with Gasteiger partial charge in [0.2, 0.25) is 22.7 Å². The number of rotatable bonds is 8. The average Bonchev–Trinajstić information content (AvgIpc) is 3.40. The number of fused-ring (bicyclic) bond motifs is 1. The zero-order valence-corrected chi connectivity index (χ0v) is 23.2. The Hall–Kier alpha value is -2.53. The average molecular weight is 564 g/mol. The lowest BCUT2D eigenvalue weighted by Gasteiger charge is -2.37. The van der Waals surface area contributed by atoms with E-state index in [1.807, 2.05) is 18.2 Å². The number of hydrogen-bond acceptors (Lipinski definition) is 7. The van der Waals surface area contributed by atoms with Crippen LogP contribution in [-0.4, -0.2) is 81.1 Å². The minimum absolute atomic E-state index is 0.0789. The van der Waals surface area contributed by atoms with Crippen LogP contribution in [0.15, 0.2) is 41.3 Å². The van der Waals surface area contributed by atoms with Crippen molar-refractivity contribution >= 4 is 27.5 Å². The molecule has 9 nitrogen and oxygen atoms in total. The number of piperazine rings is 1.